The number of ether oxygens (including phenoxy) is 3. The summed E-state index contributed by atoms with van der Waals surface area (Å²) in [7, 11) is 1.44. The Morgan fingerprint density at radius 2 is 1.72 bits per heavy atom. The number of amides is 1. The van der Waals surface area contributed by atoms with E-state index in [1.165, 1.54) is 47.6 Å². The van der Waals surface area contributed by atoms with Crippen molar-refractivity contribution in [1.29, 1.82) is 0 Å². The van der Waals surface area contributed by atoms with E-state index in [9.17, 15) is 23.9 Å². The molecular formula is C28H31FN2O7S. The molecule has 1 heterocycles. The van der Waals surface area contributed by atoms with Gasteiger partial charge < -0.3 is 25.1 Å². The zero-order valence-electron chi connectivity index (χ0n) is 22.1. The summed E-state index contributed by atoms with van der Waals surface area (Å²) in [5.74, 6) is -2.09. The van der Waals surface area contributed by atoms with Gasteiger partial charge in [0, 0.05) is 19.1 Å². The normalized spacial score (nSPS) is 12.9. The largest absolute Gasteiger partial charge is 0.481 e. The molecule has 1 amide bonds. The quantitative estimate of drug-likeness (QED) is 0.231. The second kappa shape index (κ2) is 12.4. The summed E-state index contributed by atoms with van der Waals surface area (Å²) in [6.45, 7) is 5.02. The molecule has 1 aromatic heterocycles. The lowest BCUT2D eigenvalue weighted by molar-refractivity contribution is -0.140. The number of nitrogens with zero attached hydrogens (tertiary/aromatic N) is 1. The van der Waals surface area contributed by atoms with Crippen LogP contribution in [0, 0.1) is 5.82 Å². The zero-order valence-corrected chi connectivity index (χ0v) is 22.9. The average Bonchev–Trinajstić information content (AvgIpc) is 3.38. The maximum atomic E-state index is 13.7. The summed E-state index contributed by atoms with van der Waals surface area (Å²) in [6.07, 6.45) is -1.80. The van der Waals surface area contributed by atoms with Gasteiger partial charge in [0.1, 0.15) is 29.4 Å². The van der Waals surface area contributed by atoms with Gasteiger partial charge in [0.25, 0.3) is 0 Å². The van der Waals surface area contributed by atoms with E-state index in [1.54, 1.807) is 55.8 Å². The predicted molar refractivity (Wildman–Crippen MR) is 145 cm³/mol. The first-order valence-corrected chi connectivity index (χ1v) is 12.9. The number of rotatable bonds is 11. The highest BCUT2D eigenvalue weighted by Gasteiger charge is 2.37. The molecule has 1 atom stereocenters. The number of benzene rings is 2. The topological polar surface area (TPSA) is 128 Å². The lowest BCUT2D eigenvalue weighted by Crippen LogP contribution is -2.41. The molecule has 0 radical (unpaired) electrons. The molecule has 39 heavy (non-hydrogen) atoms. The van der Waals surface area contributed by atoms with Crippen molar-refractivity contribution in [2.75, 3.05) is 18.8 Å². The molecule has 0 aliphatic rings. The molecule has 0 fully saturated rings. The van der Waals surface area contributed by atoms with Crippen molar-refractivity contribution in [2.45, 2.75) is 44.8 Å². The first-order chi connectivity index (χ1) is 18.3. The van der Waals surface area contributed by atoms with Crippen molar-refractivity contribution in [2.24, 2.45) is 5.73 Å². The Labute approximate surface area is 229 Å². The number of methoxy groups -OCH3 is 1. The molecule has 208 valence electrons. The zero-order chi connectivity index (χ0) is 28.8. The van der Waals surface area contributed by atoms with Crippen molar-refractivity contribution < 1.29 is 38.1 Å². The molecule has 0 bridgehead atoms. The third-order valence-electron chi connectivity index (χ3n) is 5.56. The van der Waals surface area contributed by atoms with Crippen molar-refractivity contribution in [3.05, 3.63) is 76.2 Å². The van der Waals surface area contributed by atoms with E-state index < -0.39 is 41.2 Å². The lowest BCUT2D eigenvalue weighted by atomic mass is 9.80. The van der Waals surface area contributed by atoms with Gasteiger partial charge in [-0.05, 0) is 85.6 Å². The highest BCUT2D eigenvalue weighted by atomic mass is 32.1. The van der Waals surface area contributed by atoms with Gasteiger partial charge >= 0.3 is 12.1 Å². The second-order valence-electron chi connectivity index (χ2n) is 9.79. The molecule has 0 aliphatic carbocycles. The fraction of sp³-hybridized carbons (Fsp3) is 0.321. The summed E-state index contributed by atoms with van der Waals surface area (Å²) >= 11 is 1.35. The van der Waals surface area contributed by atoms with Crippen LogP contribution in [0.1, 0.15) is 44.7 Å². The number of halogens is 1. The van der Waals surface area contributed by atoms with E-state index in [-0.39, 0.29) is 19.0 Å². The fourth-order valence-corrected chi connectivity index (χ4v) is 4.66. The van der Waals surface area contributed by atoms with Crippen LogP contribution in [0.15, 0.2) is 59.3 Å². The van der Waals surface area contributed by atoms with Gasteiger partial charge in [-0.1, -0.05) is 0 Å². The first-order valence-electron chi connectivity index (χ1n) is 11.9. The van der Waals surface area contributed by atoms with Gasteiger partial charge in [-0.25, -0.2) is 14.1 Å². The minimum atomic E-state index is -1.52. The molecule has 0 saturated carbocycles. The number of thiophene rings is 1. The monoisotopic (exact) mass is 558 g/mol. The first kappa shape index (κ1) is 29.8. The van der Waals surface area contributed by atoms with E-state index in [4.69, 9.17) is 19.9 Å². The van der Waals surface area contributed by atoms with Gasteiger partial charge in [-0.15, -0.1) is 0 Å². The van der Waals surface area contributed by atoms with Crippen LogP contribution in [-0.2, 0) is 24.6 Å². The fourth-order valence-electron chi connectivity index (χ4n) is 3.92. The minimum absolute atomic E-state index is 0.136. The Kier molecular flexibility index (Phi) is 9.44. The SMILES string of the molecule is COCOc1ccc(N(C(=O)OC(C)(C)C)c2ccc(F)cc2)cc1C(N)(CC(=O)CC(=O)O)c1ccsc1. The van der Waals surface area contributed by atoms with Crippen molar-refractivity contribution in [3.63, 3.8) is 0 Å². The summed E-state index contributed by atoms with van der Waals surface area (Å²) in [4.78, 5) is 38.7. The molecule has 3 aromatic rings. The van der Waals surface area contributed by atoms with Crippen molar-refractivity contribution in [3.8, 4) is 5.75 Å². The summed E-state index contributed by atoms with van der Waals surface area (Å²) in [5, 5.41) is 12.7. The van der Waals surface area contributed by atoms with E-state index in [1.807, 2.05) is 0 Å². The summed E-state index contributed by atoms with van der Waals surface area (Å²) in [6, 6.07) is 11.8. The number of ketones is 1. The van der Waals surface area contributed by atoms with Crippen LogP contribution in [-0.4, -0.2) is 42.5 Å². The number of carboxylic acid groups (broad SMARTS) is 1. The minimum Gasteiger partial charge on any atom is -0.481 e. The van der Waals surface area contributed by atoms with Crippen molar-refractivity contribution >= 4 is 40.6 Å². The predicted octanol–water partition coefficient (Wildman–Crippen LogP) is 5.58. The molecule has 9 nitrogen and oxygen atoms in total. The number of carboxylic acids is 1. The van der Waals surface area contributed by atoms with E-state index in [0.29, 0.717) is 22.5 Å². The van der Waals surface area contributed by atoms with Gasteiger partial charge in [-0.3, -0.25) is 9.59 Å². The number of anilines is 2. The third kappa shape index (κ3) is 7.62. The van der Waals surface area contributed by atoms with Gasteiger partial charge in [0.05, 0.1) is 16.9 Å². The molecule has 1 unspecified atom stereocenters. The van der Waals surface area contributed by atoms with Crippen molar-refractivity contribution in [1.82, 2.24) is 0 Å². The number of carbonyl (C=O) groups is 3. The smallest absolute Gasteiger partial charge is 0.419 e. The third-order valence-corrected chi connectivity index (χ3v) is 6.24. The van der Waals surface area contributed by atoms with Crippen LogP contribution >= 0.6 is 11.3 Å². The molecule has 0 spiro atoms. The van der Waals surface area contributed by atoms with E-state index in [0.717, 1.165) is 0 Å². The molecule has 2 aromatic carbocycles. The van der Waals surface area contributed by atoms with Crippen LogP contribution in [0.3, 0.4) is 0 Å². The molecule has 3 rings (SSSR count). The van der Waals surface area contributed by atoms with Crippen LogP contribution in [0.5, 0.6) is 5.75 Å². The Hall–Kier alpha value is -3.80. The molecule has 11 heteroatoms. The average molecular weight is 559 g/mol. The number of Topliss-reactive ketones (excluding diaryl/α,β-unsaturated/α-hetero) is 1. The Morgan fingerprint density at radius 3 is 2.28 bits per heavy atom. The van der Waals surface area contributed by atoms with Crippen LogP contribution in [0.4, 0.5) is 20.6 Å². The highest BCUT2D eigenvalue weighted by molar-refractivity contribution is 7.08. The lowest BCUT2D eigenvalue weighted by Gasteiger charge is -2.33. The Balaban J connectivity index is 2.23. The standard InChI is InChI=1S/C28H31FN2O7S/c1-27(2,3)38-26(35)31(20-7-5-19(29)6-8-20)21-9-10-24(37-17-36-4)23(13-21)28(30,18-11-12-39-16-18)15-22(32)14-25(33)34/h5-13,16H,14-15,17,30H2,1-4H3,(H,33,34). The molecule has 0 aliphatic heterocycles. The van der Waals surface area contributed by atoms with Gasteiger partial charge in [0.2, 0.25) is 0 Å². The molecule has 3 N–H and O–H groups in total. The Bertz CT molecular complexity index is 1310. The summed E-state index contributed by atoms with van der Waals surface area (Å²) in [5.41, 5.74) is 6.05. The Morgan fingerprint density at radius 1 is 1.05 bits per heavy atom. The van der Waals surface area contributed by atoms with Crippen LogP contribution in [0.25, 0.3) is 0 Å². The number of carbonyl (C=O) groups excluding carboxylic acids is 2. The van der Waals surface area contributed by atoms with Gasteiger partial charge in [0.15, 0.2) is 6.79 Å². The van der Waals surface area contributed by atoms with Crippen LogP contribution < -0.4 is 15.4 Å². The number of aliphatic carboxylic acids is 1. The maximum Gasteiger partial charge on any atom is 0.419 e. The number of hydrogen-bond donors (Lipinski definition) is 2. The van der Waals surface area contributed by atoms with Crippen LogP contribution in [0.2, 0.25) is 0 Å². The molecule has 0 saturated heterocycles. The maximum absolute atomic E-state index is 13.7. The van der Waals surface area contributed by atoms with Gasteiger partial charge in [-0.2, -0.15) is 11.3 Å². The number of hydrogen-bond acceptors (Lipinski definition) is 8. The van der Waals surface area contributed by atoms with E-state index in [2.05, 4.69) is 0 Å². The highest BCUT2D eigenvalue weighted by Crippen LogP contribution is 2.41. The molecular weight excluding hydrogens is 527 g/mol. The number of nitrogens with two attached hydrogens (primary N) is 1. The summed E-state index contributed by atoms with van der Waals surface area (Å²) < 4.78 is 30.2. The van der Waals surface area contributed by atoms with E-state index >= 15 is 0 Å². The second-order valence-corrected chi connectivity index (χ2v) is 10.6.